The summed E-state index contributed by atoms with van der Waals surface area (Å²) in [5.74, 6) is 2.31. The Hall–Kier alpha value is -0.680. The Balaban J connectivity index is 1.68. The molecule has 0 aromatic carbocycles. The lowest BCUT2D eigenvalue weighted by Crippen LogP contribution is -2.47. The van der Waals surface area contributed by atoms with E-state index >= 15 is 0 Å². The summed E-state index contributed by atoms with van der Waals surface area (Å²) in [4.78, 5) is 11.0. The van der Waals surface area contributed by atoms with Gasteiger partial charge in [0.25, 0.3) is 0 Å². The van der Waals surface area contributed by atoms with Gasteiger partial charge < -0.3 is 9.64 Å². The molecule has 1 spiro atoms. The molecule has 3 rings (SSSR count). The molecule has 19 heavy (non-hydrogen) atoms. The highest BCUT2D eigenvalue weighted by Gasteiger charge is 2.47. The predicted octanol–water partition coefficient (Wildman–Crippen LogP) is 2.88. The van der Waals surface area contributed by atoms with Gasteiger partial charge in [0.05, 0.1) is 24.6 Å². The van der Waals surface area contributed by atoms with Gasteiger partial charge in [-0.3, -0.25) is 0 Å². The fraction of sp³-hybridized carbons (Fsp3) is 0.714. The van der Waals surface area contributed by atoms with E-state index in [-0.39, 0.29) is 5.60 Å². The van der Waals surface area contributed by atoms with Gasteiger partial charge in [-0.25, -0.2) is 9.97 Å². The fourth-order valence-corrected chi connectivity index (χ4v) is 3.48. The van der Waals surface area contributed by atoms with Crippen LogP contribution < -0.4 is 4.90 Å². The Kier molecular flexibility index (Phi) is 3.52. The largest absolute Gasteiger partial charge is 0.374 e. The second kappa shape index (κ2) is 5.02. The molecule has 0 saturated carbocycles. The smallest absolute Gasteiger partial charge is 0.147 e. The second-order valence-electron chi connectivity index (χ2n) is 5.83. The van der Waals surface area contributed by atoms with Crippen molar-refractivity contribution in [2.24, 2.45) is 11.8 Å². The summed E-state index contributed by atoms with van der Waals surface area (Å²) < 4.78 is 6.92. The molecule has 5 heteroatoms. The molecule has 0 bridgehead atoms. The van der Waals surface area contributed by atoms with Crippen LogP contribution in [0.15, 0.2) is 17.0 Å². The van der Waals surface area contributed by atoms with Crippen LogP contribution in [0, 0.1) is 11.8 Å². The van der Waals surface area contributed by atoms with Crippen LogP contribution in [0.25, 0.3) is 0 Å². The molecular weight excluding hydrogens is 306 g/mol. The number of hydrogen-bond donors (Lipinski definition) is 0. The normalized spacial score (nSPS) is 29.9. The third kappa shape index (κ3) is 2.38. The Labute approximate surface area is 122 Å². The molecule has 0 N–H and O–H groups in total. The van der Waals surface area contributed by atoms with Gasteiger partial charge in [-0.2, -0.15) is 0 Å². The van der Waals surface area contributed by atoms with E-state index < -0.39 is 0 Å². The summed E-state index contributed by atoms with van der Waals surface area (Å²) in [6.07, 6.45) is 5.78. The molecule has 2 atom stereocenters. The molecule has 2 saturated heterocycles. The van der Waals surface area contributed by atoms with Crippen molar-refractivity contribution in [2.45, 2.75) is 32.3 Å². The van der Waals surface area contributed by atoms with Crippen LogP contribution >= 0.6 is 15.9 Å². The average Bonchev–Trinajstić information content (AvgIpc) is 2.70. The van der Waals surface area contributed by atoms with Crippen LogP contribution in [0.1, 0.15) is 26.7 Å². The molecule has 104 valence electrons. The molecule has 2 aliphatic rings. The van der Waals surface area contributed by atoms with E-state index in [9.17, 15) is 0 Å². The van der Waals surface area contributed by atoms with Crippen LogP contribution in [-0.4, -0.2) is 35.3 Å². The zero-order valence-electron chi connectivity index (χ0n) is 11.5. The number of piperidine rings is 1. The second-order valence-corrected chi connectivity index (χ2v) is 6.64. The summed E-state index contributed by atoms with van der Waals surface area (Å²) in [5.41, 5.74) is 0.110. The van der Waals surface area contributed by atoms with Crippen LogP contribution in [0.5, 0.6) is 0 Å². The van der Waals surface area contributed by atoms with Crippen LogP contribution in [0.4, 0.5) is 5.82 Å². The maximum absolute atomic E-state index is 6.14. The molecule has 2 fully saturated rings. The topological polar surface area (TPSA) is 38.2 Å². The first-order valence-electron chi connectivity index (χ1n) is 6.97. The van der Waals surface area contributed by atoms with Crippen LogP contribution in [0.2, 0.25) is 0 Å². The monoisotopic (exact) mass is 325 g/mol. The Morgan fingerprint density at radius 2 is 2.00 bits per heavy atom. The maximum atomic E-state index is 6.14. The molecule has 3 heterocycles. The number of hydrogen-bond acceptors (Lipinski definition) is 4. The highest BCUT2D eigenvalue weighted by molar-refractivity contribution is 9.10. The first-order chi connectivity index (χ1) is 9.11. The quantitative estimate of drug-likeness (QED) is 0.795. The van der Waals surface area contributed by atoms with Crippen molar-refractivity contribution in [1.29, 1.82) is 0 Å². The van der Waals surface area contributed by atoms with E-state index in [0.717, 1.165) is 43.0 Å². The molecule has 2 aliphatic heterocycles. The zero-order chi connectivity index (χ0) is 13.5. The van der Waals surface area contributed by atoms with Crippen molar-refractivity contribution in [3.8, 4) is 0 Å². The fourth-order valence-electron chi connectivity index (χ4n) is 3.27. The number of ether oxygens (including phenoxy) is 1. The van der Waals surface area contributed by atoms with Gasteiger partial charge in [0.1, 0.15) is 10.4 Å². The molecule has 1 aromatic heterocycles. The van der Waals surface area contributed by atoms with Gasteiger partial charge in [-0.15, -0.1) is 0 Å². The van der Waals surface area contributed by atoms with E-state index in [1.54, 1.807) is 6.20 Å². The third-order valence-corrected chi connectivity index (χ3v) is 5.27. The lowest BCUT2D eigenvalue weighted by Gasteiger charge is -2.42. The number of halogens is 1. The Morgan fingerprint density at radius 3 is 2.53 bits per heavy atom. The first-order valence-corrected chi connectivity index (χ1v) is 7.76. The summed E-state index contributed by atoms with van der Waals surface area (Å²) >= 11 is 3.32. The van der Waals surface area contributed by atoms with Crippen molar-refractivity contribution in [3.63, 3.8) is 0 Å². The van der Waals surface area contributed by atoms with Crippen molar-refractivity contribution in [2.75, 3.05) is 24.6 Å². The Morgan fingerprint density at radius 1 is 1.26 bits per heavy atom. The number of nitrogens with zero attached hydrogens (tertiary/aromatic N) is 3. The SMILES string of the molecule is C[C@@H]1COC2(CCN(c3cnc(Br)cn3)CC2)[C@@H]1C. The molecule has 0 amide bonds. The van der Waals surface area contributed by atoms with E-state index in [0.29, 0.717) is 11.8 Å². The number of aromatic nitrogens is 2. The zero-order valence-corrected chi connectivity index (χ0v) is 13.1. The lowest BCUT2D eigenvalue weighted by atomic mass is 9.77. The maximum Gasteiger partial charge on any atom is 0.147 e. The van der Waals surface area contributed by atoms with Crippen molar-refractivity contribution in [1.82, 2.24) is 9.97 Å². The standard InChI is InChI=1S/C14H20BrN3O/c1-10-9-19-14(11(10)2)3-5-18(6-4-14)13-8-16-12(15)7-17-13/h7-8,10-11H,3-6,9H2,1-2H3/t10-,11-/m1/s1. The molecule has 0 aliphatic carbocycles. The summed E-state index contributed by atoms with van der Waals surface area (Å²) in [6.45, 7) is 7.57. The van der Waals surface area contributed by atoms with Gasteiger partial charge in [0.15, 0.2) is 0 Å². The summed E-state index contributed by atoms with van der Waals surface area (Å²) in [5, 5.41) is 0. The summed E-state index contributed by atoms with van der Waals surface area (Å²) in [6, 6.07) is 0. The van der Waals surface area contributed by atoms with Gasteiger partial charge in [0, 0.05) is 13.1 Å². The molecule has 0 unspecified atom stereocenters. The van der Waals surface area contributed by atoms with Crippen molar-refractivity contribution in [3.05, 3.63) is 17.0 Å². The highest BCUT2D eigenvalue weighted by atomic mass is 79.9. The van der Waals surface area contributed by atoms with Gasteiger partial charge in [-0.05, 0) is 40.6 Å². The van der Waals surface area contributed by atoms with Gasteiger partial charge >= 0.3 is 0 Å². The predicted molar refractivity (Wildman–Crippen MR) is 78.2 cm³/mol. The Bertz CT molecular complexity index is 443. The van der Waals surface area contributed by atoms with Gasteiger partial charge in [-0.1, -0.05) is 13.8 Å². The molecular formula is C14H20BrN3O. The summed E-state index contributed by atoms with van der Waals surface area (Å²) in [7, 11) is 0. The van der Waals surface area contributed by atoms with Gasteiger partial charge in [0.2, 0.25) is 0 Å². The van der Waals surface area contributed by atoms with E-state index in [1.165, 1.54) is 0 Å². The number of anilines is 1. The average molecular weight is 326 g/mol. The minimum atomic E-state index is 0.110. The third-order valence-electron chi connectivity index (χ3n) is 4.86. The van der Waals surface area contributed by atoms with Crippen LogP contribution in [-0.2, 0) is 4.74 Å². The van der Waals surface area contributed by atoms with Crippen molar-refractivity contribution < 1.29 is 4.74 Å². The van der Waals surface area contributed by atoms with E-state index in [2.05, 4.69) is 44.6 Å². The van der Waals surface area contributed by atoms with E-state index in [1.807, 2.05) is 6.20 Å². The van der Waals surface area contributed by atoms with Crippen molar-refractivity contribution >= 4 is 21.7 Å². The minimum Gasteiger partial charge on any atom is -0.374 e. The molecule has 1 aromatic rings. The molecule has 4 nitrogen and oxygen atoms in total. The lowest BCUT2D eigenvalue weighted by molar-refractivity contribution is -0.0364. The minimum absolute atomic E-state index is 0.110. The van der Waals surface area contributed by atoms with E-state index in [4.69, 9.17) is 4.74 Å². The first kappa shape index (κ1) is 13.3. The number of rotatable bonds is 1. The highest BCUT2D eigenvalue weighted by Crippen LogP contribution is 2.43. The van der Waals surface area contributed by atoms with Crippen LogP contribution in [0.3, 0.4) is 0 Å². The molecule has 0 radical (unpaired) electrons.